The van der Waals surface area contributed by atoms with Gasteiger partial charge in [-0.3, -0.25) is 9.78 Å². The van der Waals surface area contributed by atoms with Crippen molar-refractivity contribution in [1.29, 1.82) is 0 Å². The monoisotopic (exact) mass is 400 g/mol. The van der Waals surface area contributed by atoms with Crippen molar-refractivity contribution in [1.82, 2.24) is 24.8 Å². The summed E-state index contributed by atoms with van der Waals surface area (Å²) in [5, 5.41) is 3.29. The van der Waals surface area contributed by atoms with Crippen LogP contribution < -0.4 is 5.32 Å². The van der Waals surface area contributed by atoms with Crippen LogP contribution in [0.3, 0.4) is 0 Å². The number of rotatable bonds is 5. The van der Waals surface area contributed by atoms with Crippen LogP contribution in [0.25, 0.3) is 6.08 Å². The van der Waals surface area contributed by atoms with Crippen LogP contribution in [0.15, 0.2) is 55.0 Å². The van der Waals surface area contributed by atoms with E-state index >= 15 is 0 Å². The lowest BCUT2D eigenvalue weighted by Crippen LogP contribution is -2.26. The van der Waals surface area contributed by atoms with Crippen LogP contribution in [0.4, 0.5) is 11.6 Å². The lowest BCUT2D eigenvalue weighted by atomic mass is 10.0. The number of likely N-dealkylation sites (tertiary alicyclic amines) is 1. The maximum Gasteiger partial charge on any atom is 0.246 e. The van der Waals surface area contributed by atoms with E-state index < -0.39 is 0 Å². The Morgan fingerprint density at radius 1 is 1.20 bits per heavy atom. The average molecular weight is 400 g/mol. The first kappa shape index (κ1) is 19.7. The van der Waals surface area contributed by atoms with Gasteiger partial charge < -0.3 is 10.2 Å². The molecule has 0 bridgehead atoms. The van der Waals surface area contributed by atoms with Gasteiger partial charge in [-0.1, -0.05) is 12.1 Å². The fraction of sp³-hybridized carbons (Fsp3) is 0.261. The molecule has 3 aromatic rings. The summed E-state index contributed by atoms with van der Waals surface area (Å²) in [7, 11) is 0. The van der Waals surface area contributed by atoms with Gasteiger partial charge in [0.25, 0.3) is 0 Å². The SMILES string of the molecule is Cc1nc(Nc2ncccc2C)cc(C2CCN(C(=O)C=Cc3cccnc3)C2)n1. The number of carbonyl (C=O) groups excluding carboxylic acids is 1. The van der Waals surface area contributed by atoms with Gasteiger partial charge in [0.1, 0.15) is 17.5 Å². The summed E-state index contributed by atoms with van der Waals surface area (Å²) in [5.74, 6) is 2.40. The van der Waals surface area contributed by atoms with Crippen LogP contribution in [-0.4, -0.2) is 43.8 Å². The maximum absolute atomic E-state index is 12.6. The van der Waals surface area contributed by atoms with Crippen molar-refractivity contribution >= 4 is 23.6 Å². The highest BCUT2D eigenvalue weighted by Gasteiger charge is 2.27. The van der Waals surface area contributed by atoms with E-state index in [1.165, 1.54) is 0 Å². The lowest BCUT2D eigenvalue weighted by molar-refractivity contribution is -0.124. The van der Waals surface area contributed by atoms with Gasteiger partial charge in [0, 0.05) is 49.7 Å². The summed E-state index contributed by atoms with van der Waals surface area (Å²) in [4.78, 5) is 32.0. The topological polar surface area (TPSA) is 83.9 Å². The molecule has 1 N–H and O–H groups in total. The van der Waals surface area contributed by atoms with E-state index in [-0.39, 0.29) is 11.8 Å². The molecule has 7 nitrogen and oxygen atoms in total. The van der Waals surface area contributed by atoms with E-state index in [9.17, 15) is 4.79 Å². The third-order valence-corrected chi connectivity index (χ3v) is 5.13. The molecule has 1 fully saturated rings. The van der Waals surface area contributed by atoms with Gasteiger partial charge in [-0.2, -0.15) is 0 Å². The second-order valence-electron chi connectivity index (χ2n) is 7.41. The Balaban J connectivity index is 1.45. The minimum Gasteiger partial charge on any atom is -0.338 e. The molecule has 0 aliphatic carbocycles. The third kappa shape index (κ3) is 4.68. The Morgan fingerprint density at radius 2 is 2.07 bits per heavy atom. The summed E-state index contributed by atoms with van der Waals surface area (Å²) in [6.07, 6.45) is 9.50. The quantitative estimate of drug-likeness (QED) is 0.658. The number of nitrogens with zero attached hydrogens (tertiary/aromatic N) is 5. The van der Waals surface area contributed by atoms with Crippen molar-refractivity contribution in [2.75, 3.05) is 18.4 Å². The fourth-order valence-corrected chi connectivity index (χ4v) is 3.55. The van der Waals surface area contributed by atoms with Crippen molar-refractivity contribution in [3.63, 3.8) is 0 Å². The molecule has 1 saturated heterocycles. The van der Waals surface area contributed by atoms with Crippen LogP contribution in [0.2, 0.25) is 0 Å². The van der Waals surface area contributed by atoms with Crippen LogP contribution in [-0.2, 0) is 4.79 Å². The van der Waals surface area contributed by atoms with E-state index in [1.54, 1.807) is 30.7 Å². The molecule has 0 spiro atoms. The minimum absolute atomic E-state index is 0.00888. The van der Waals surface area contributed by atoms with Gasteiger partial charge >= 0.3 is 0 Å². The highest BCUT2D eigenvalue weighted by molar-refractivity contribution is 5.92. The zero-order valence-electron chi connectivity index (χ0n) is 17.1. The number of aromatic nitrogens is 4. The molecule has 0 radical (unpaired) electrons. The van der Waals surface area contributed by atoms with Gasteiger partial charge in [0.2, 0.25) is 5.91 Å². The van der Waals surface area contributed by atoms with Crippen LogP contribution in [0, 0.1) is 13.8 Å². The van der Waals surface area contributed by atoms with Crippen molar-refractivity contribution in [2.45, 2.75) is 26.2 Å². The minimum atomic E-state index is 0.00888. The first-order chi connectivity index (χ1) is 14.6. The van der Waals surface area contributed by atoms with Gasteiger partial charge in [-0.05, 0) is 49.6 Å². The number of amides is 1. The largest absolute Gasteiger partial charge is 0.338 e. The molecular formula is C23H24N6O. The van der Waals surface area contributed by atoms with E-state index in [1.807, 2.05) is 49.1 Å². The fourth-order valence-electron chi connectivity index (χ4n) is 3.55. The number of nitrogens with one attached hydrogen (secondary N) is 1. The number of hydrogen-bond donors (Lipinski definition) is 1. The molecule has 30 heavy (non-hydrogen) atoms. The summed E-state index contributed by atoms with van der Waals surface area (Å²) in [6, 6.07) is 9.65. The maximum atomic E-state index is 12.6. The van der Waals surface area contributed by atoms with Crippen molar-refractivity contribution in [2.24, 2.45) is 0 Å². The van der Waals surface area contributed by atoms with E-state index in [0.717, 1.165) is 34.9 Å². The first-order valence-electron chi connectivity index (χ1n) is 10.00. The van der Waals surface area contributed by atoms with Crippen LogP contribution in [0.1, 0.15) is 35.0 Å². The Kier molecular flexibility index (Phi) is 5.79. The Hall–Kier alpha value is -3.61. The summed E-state index contributed by atoms with van der Waals surface area (Å²) in [5.41, 5.74) is 2.91. The highest BCUT2D eigenvalue weighted by Crippen LogP contribution is 2.28. The number of carbonyl (C=O) groups is 1. The molecular weight excluding hydrogens is 376 g/mol. The number of aryl methyl sites for hydroxylation is 2. The van der Waals surface area contributed by atoms with Crippen molar-refractivity contribution in [3.05, 3.63) is 77.6 Å². The normalized spacial score (nSPS) is 16.2. The standard InChI is InChI=1S/C23H24N6O/c1-16-5-3-11-25-23(16)28-21-13-20(26-17(2)27-21)19-9-12-29(15-19)22(30)8-7-18-6-4-10-24-14-18/h3-8,10-11,13-14,19H,9,12,15H2,1-2H3,(H,25,26,27,28). The molecule has 1 unspecified atom stereocenters. The third-order valence-electron chi connectivity index (χ3n) is 5.13. The molecule has 1 aliphatic rings. The molecule has 0 aromatic carbocycles. The molecule has 3 aromatic heterocycles. The first-order valence-corrected chi connectivity index (χ1v) is 10.00. The van der Waals surface area contributed by atoms with Crippen LogP contribution in [0.5, 0.6) is 0 Å². The predicted octanol–water partition coefficient (Wildman–Crippen LogP) is 3.66. The number of pyridine rings is 2. The molecule has 7 heteroatoms. The lowest BCUT2D eigenvalue weighted by Gasteiger charge is -2.15. The van der Waals surface area contributed by atoms with Gasteiger partial charge in [0.15, 0.2) is 0 Å². The second-order valence-corrected chi connectivity index (χ2v) is 7.41. The average Bonchev–Trinajstić information content (AvgIpc) is 3.25. The molecule has 1 amide bonds. The van der Waals surface area contributed by atoms with Crippen LogP contribution >= 0.6 is 0 Å². The summed E-state index contributed by atoms with van der Waals surface area (Å²) in [6.45, 7) is 5.25. The van der Waals surface area contributed by atoms with Crippen molar-refractivity contribution < 1.29 is 4.79 Å². The highest BCUT2D eigenvalue weighted by atomic mass is 16.2. The Labute approximate surface area is 175 Å². The second kappa shape index (κ2) is 8.82. The molecule has 4 heterocycles. The van der Waals surface area contributed by atoms with Gasteiger partial charge in [0.05, 0.1) is 5.69 Å². The zero-order chi connectivity index (χ0) is 20.9. The smallest absolute Gasteiger partial charge is 0.246 e. The number of anilines is 2. The zero-order valence-corrected chi connectivity index (χ0v) is 17.1. The van der Waals surface area contributed by atoms with Gasteiger partial charge in [-0.25, -0.2) is 15.0 Å². The van der Waals surface area contributed by atoms with E-state index in [4.69, 9.17) is 0 Å². The van der Waals surface area contributed by atoms with E-state index in [0.29, 0.717) is 18.9 Å². The van der Waals surface area contributed by atoms with E-state index in [2.05, 4.69) is 25.3 Å². The predicted molar refractivity (Wildman–Crippen MR) is 116 cm³/mol. The molecule has 4 rings (SSSR count). The molecule has 0 saturated carbocycles. The van der Waals surface area contributed by atoms with Gasteiger partial charge in [-0.15, -0.1) is 0 Å². The molecule has 1 atom stereocenters. The Bertz CT molecular complexity index is 1070. The number of hydrogen-bond acceptors (Lipinski definition) is 6. The Morgan fingerprint density at radius 3 is 2.87 bits per heavy atom. The molecule has 152 valence electrons. The summed E-state index contributed by atoms with van der Waals surface area (Å²) < 4.78 is 0. The molecule has 1 aliphatic heterocycles. The summed E-state index contributed by atoms with van der Waals surface area (Å²) >= 11 is 0. The van der Waals surface area contributed by atoms with Crippen molar-refractivity contribution in [3.8, 4) is 0 Å².